The topological polar surface area (TPSA) is 77.0 Å². The summed E-state index contributed by atoms with van der Waals surface area (Å²) in [6.07, 6.45) is 0. The third kappa shape index (κ3) is 3.85. The van der Waals surface area contributed by atoms with Crippen molar-refractivity contribution in [3.8, 4) is 11.4 Å². The van der Waals surface area contributed by atoms with Crippen LogP contribution in [0, 0.1) is 0 Å². The Kier molecular flexibility index (Phi) is 5.40. The molecule has 2 N–H and O–H groups in total. The minimum absolute atomic E-state index is 0.0401. The molecule has 128 valence electrons. The number of carbonyl (C=O) groups excluding carboxylic acids is 1. The second-order valence-corrected chi connectivity index (χ2v) is 7.03. The fourth-order valence-electron chi connectivity index (χ4n) is 2.22. The van der Waals surface area contributed by atoms with Crippen LogP contribution in [0.5, 0.6) is 0 Å². The van der Waals surface area contributed by atoms with Gasteiger partial charge in [-0.2, -0.15) is 0 Å². The van der Waals surface area contributed by atoms with Crippen molar-refractivity contribution < 1.29 is 4.79 Å². The van der Waals surface area contributed by atoms with Gasteiger partial charge in [-0.15, -0.1) is 10.2 Å². The molecule has 0 saturated carbocycles. The average Bonchev–Trinajstić information content (AvgIpc) is 3.00. The van der Waals surface area contributed by atoms with Gasteiger partial charge < -0.3 is 10.7 Å². The summed E-state index contributed by atoms with van der Waals surface area (Å²) in [7, 11) is 1.75. The second-order valence-electron chi connectivity index (χ2n) is 5.23. The lowest BCUT2D eigenvalue weighted by Gasteiger charge is -2.16. The molecular weight excluding hydrogens is 402 g/mol. The highest BCUT2D eigenvalue weighted by Crippen LogP contribution is 2.28. The molecule has 1 aromatic heterocycles. The van der Waals surface area contributed by atoms with Crippen LogP contribution in [0.2, 0.25) is 0 Å². The highest BCUT2D eigenvalue weighted by atomic mass is 79.9. The highest BCUT2D eigenvalue weighted by molar-refractivity contribution is 9.10. The van der Waals surface area contributed by atoms with Crippen LogP contribution in [0.15, 0.2) is 64.2 Å². The van der Waals surface area contributed by atoms with Crippen molar-refractivity contribution in [1.29, 1.82) is 0 Å². The lowest BCUT2D eigenvalue weighted by Crippen LogP contribution is -2.28. The molecule has 0 aliphatic heterocycles. The number of nitrogen functional groups attached to an aromatic ring is 1. The molecule has 25 heavy (non-hydrogen) atoms. The minimum Gasteiger partial charge on any atom is -0.335 e. The van der Waals surface area contributed by atoms with Gasteiger partial charge >= 0.3 is 0 Å². The average molecular weight is 418 g/mol. The fourth-order valence-corrected chi connectivity index (χ4v) is 3.45. The van der Waals surface area contributed by atoms with Crippen molar-refractivity contribution in [2.45, 2.75) is 5.16 Å². The van der Waals surface area contributed by atoms with Crippen LogP contribution in [0.25, 0.3) is 11.4 Å². The number of para-hydroxylation sites is 1. The van der Waals surface area contributed by atoms with Gasteiger partial charge in [0.2, 0.25) is 11.1 Å². The van der Waals surface area contributed by atoms with Gasteiger partial charge in [0.25, 0.3) is 0 Å². The van der Waals surface area contributed by atoms with E-state index >= 15 is 0 Å². The van der Waals surface area contributed by atoms with E-state index in [0.29, 0.717) is 11.0 Å². The van der Waals surface area contributed by atoms with Crippen LogP contribution in [-0.4, -0.2) is 33.6 Å². The van der Waals surface area contributed by atoms with Gasteiger partial charge in [0, 0.05) is 22.8 Å². The Bertz CT molecular complexity index is 884. The monoisotopic (exact) mass is 417 g/mol. The molecule has 0 spiro atoms. The number of hydrogen-bond acceptors (Lipinski definition) is 5. The number of carbonyl (C=O) groups is 1. The molecule has 1 amide bonds. The van der Waals surface area contributed by atoms with E-state index in [4.69, 9.17) is 5.84 Å². The molecule has 6 nitrogen and oxygen atoms in total. The van der Waals surface area contributed by atoms with Gasteiger partial charge in [-0.3, -0.25) is 4.79 Å². The first kappa shape index (κ1) is 17.5. The zero-order valence-corrected chi connectivity index (χ0v) is 15.9. The molecular formula is C17H16BrN5OS. The Balaban J connectivity index is 1.70. The minimum atomic E-state index is -0.0401. The fraction of sp³-hybridized carbons (Fsp3) is 0.118. The number of benzene rings is 2. The maximum absolute atomic E-state index is 12.4. The Morgan fingerprint density at radius 2 is 1.84 bits per heavy atom. The summed E-state index contributed by atoms with van der Waals surface area (Å²) in [5.41, 5.74) is 1.69. The Morgan fingerprint density at radius 3 is 2.56 bits per heavy atom. The number of amides is 1. The Labute approximate surface area is 158 Å². The molecule has 0 atom stereocenters. The largest absolute Gasteiger partial charge is 0.335 e. The van der Waals surface area contributed by atoms with E-state index in [2.05, 4.69) is 26.1 Å². The molecule has 3 aromatic rings. The molecule has 0 radical (unpaired) electrons. The van der Waals surface area contributed by atoms with Crippen molar-refractivity contribution >= 4 is 39.3 Å². The maximum atomic E-state index is 12.4. The van der Waals surface area contributed by atoms with Crippen molar-refractivity contribution in [3.05, 3.63) is 59.1 Å². The predicted molar refractivity (Wildman–Crippen MR) is 104 cm³/mol. The van der Waals surface area contributed by atoms with E-state index in [1.807, 2.05) is 54.6 Å². The van der Waals surface area contributed by atoms with Crippen LogP contribution >= 0.6 is 27.7 Å². The molecule has 0 unspecified atom stereocenters. The summed E-state index contributed by atoms with van der Waals surface area (Å²) in [5.74, 6) is 6.82. The zero-order chi connectivity index (χ0) is 17.8. The summed E-state index contributed by atoms with van der Waals surface area (Å²) < 4.78 is 2.28. The maximum Gasteiger partial charge on any atom is 0.237 e. The zero-order valence-electron chi connectivity index (χ0n) is 13.5. The van der Waals surface area contributed by atoms with E-state index in [-0.39, 0.29) is 11.7 Å². The standard InChI is InChI=1S/C17H16BrN5OS/c1-22(12-7-3-2-4-8-12)15(24)11-25-17-21-20-16(23(17)19)13-9-5-6-10-14(13)18/h2-10H,11,19H2,1H3. The van der Waals surface area contributed by atoms with Crippen molar-refractivity contribution in [2.24, 2.45) is 0 Å². The van der Waals surface area contributed by atoms with Crippen LogP contribution in [0.4, 0.5) is 5.69 Å². The molecule has 0 aliphatic rings. The van der Waals surface area contributed by atoms with E-state index in [9.17, 15) is 4.79 Å². The highest BCUT2D eigenvalue weighted by Gasteiger charge is 2.17. The predicted octanol–water partition coefficient (Wildman–Crippen LogP) is 3.18. The first-order valence-electron chi connectivity index (χ1n) is 7.47. The number of nitrogens with two attached hydrogens (primary N) is 1. The van der Waals surface area contributed by atoms with Gasteiger partial charge in [0.05, 0.1) is 5.75 Å². The number of thioether (sulfide) groups is 1. The molecule has 8 heteroatoms. The summed E-state index contributed by atoms with van der Waals surface area (Å²) in [4.78, 5) is 14.0. The number of halogens is 1. The molecule has 0 aliphatic carbocycles. The van der Waals surface area contributed by atoms with E-state index in [0.717, 1.165) is 15.7 Å². The van der Waals surface area contributed by atoms with Crippen LogP contribution in [0.3, 0.4) is 0 Å². The lowest BCUT2D eigenvalue weighted by atomic mass is 10.2. The number of anilines is 1. The van der Waals surface area contributed by atoms with E-state index < -0.39 is 0 Å². The van der Waals surface area contributed by atoms with E-state index in [1.165, 1.54) is 16.4 Å². The van der Waals surface area contributed by atoms with Crippen molar-refractivity contribution in [3.63, 3.8) is 0 Å². The summed E-state index contributed by atoms with van der Waals surface area (Å²) in [5, 5.41) is 8.72. The Morgan fingerprint density at radius 1 is 1.16 bits per heavy atom. The third-order valence-electron chi connectivity index (χ3n) is 3.62. The molecule has 0 fully saturated rings. The van der Waals surface area contributed by atoms with Gasteiger partial charge in [-0.05, 0) is 24.3 Å². The SMILES string of the molecule is CN(C(=O)CSc1nnc(-c2ccccc2Br)n1N)c1ccccc1. The lowest BCUT2D eigenvalue weighted by molar-refractivity contribution is -0.115. The first-order chi connectivity index (χ1) is 12.1. The number of aromatic nitrogens is 3. The first-order valence-corrected chi connectivity index (χ1v) is 9.25. The van der Waals surface area contributed by atoms with Crippen molar-refractivity contribution in [2.75, 3.05) is 23.5 Å². The summed E-state index contributed by atoms with van der Waals surface area (Å²) in [6, 6.07) is 17.1. The van der Waals surface area contributed by atoms with E-state index in [1.54, 1.807) is 11.9 Å². The van der Waals surface area contributed by atoms with Gasteiger partial charge in [0.15, 0.2) is 5.82 Å². The van der Waals surface area contributed by atoms with Gasteiger partial charge in [0.1, 0.15) is 0 Å². The molecule has 0 bridgehead atoms. The van der Waals surface area contributed by atoms with Crippen LogP contribution in [0.1, 0.15) is 0 Å². The van der Waals surface area contributed by atoms with Crippen LogP contribution < -0.4 is 10.7 Å². The normalized spacial score (nSPS) is 10.6. The third-order valence-corrected chi connectivity index (χ3v) is 5.24. The smallest absolute Gasteiger partial charge is 0.237 e. The Hall–Kier alpha value is -2.32. The van der Waals surface area contributed by atoms with Crippen LogP contribution in [-0.2, 0) is 4.79 Å². The number of nitrogens with zero attached hydrogens (tertiary/aromatic N) is 4. The van der Waals surface area contributed by atoms with Gasteiger partial charge in [-0.25, -0.2) is 4.68 Å². The second kappa shape index (κ2) is 7.71. The number of hydrogen-bond donors (Lipinski definition) is 1. The number of rotatable bonds is 5. The molecule has 2 aromatic carbocycles. The van der Waals surface area contributed by atoms with Crippen molar-refractivity contribution in [1.82, 2.24) is 14.9 Å². The van der Waals surface area contributed by atoms with Gasteiger partial charge in [-0.1, -0.05) is 58.0 Å². The summed E-state index contributed by atoms with van der Waals surface area (Å²) in [6.45, 7) is 0. The quantitative estimate of drug-likeness (QED) is 0.509. The molecule has 0 saturated heterocycles. The summed E-state index contributed by atoms with van der Waals surface area (Å²) >= 11 is 4.74. The molecule has 1 heterocycles. The molecule has 3 rings (SSSR count).